The minimum atomic E-state index is 0.0347. The summed E-state index contributed by atoms with van der Waals surface area (Å²) in [7, 11) is 2.00. The number of hydrogen-bond acceptors (Lipinski definition) is 3. The van der Waals surface area contributed by atoms with E-state index >= 15 is 0 Å². The van der Waals surface area contributed by atoms with Crippen LogP contribution in [0.3, 0.4) is 0 Å². The average Bonchev–Trinajstić information content (AvgIpc) is 3.00. The van der Waals surface area contributed by atoms with Gasteiger partial charge in [-0.15, -0.1) is 0 Å². The highest BCUT2D eigenvalue weighted by Gasteiger charge is 2.30. The maximum Gasteiger partial charge on any atom is 0.237 e. The van der Waals surface area contributed by atoms with Gasteiger partial charge in [0.15, 0.2) is 0 Å². The highest BCUT2D eigenvalue weighted by molar-refractivity contribution is 5.81. The van der Waals surface area contributed by atoms with Crippen molar-refractivity contribution in [1.29, 1.82) is 0 Å². The number of carbonyl (C=O) groups excluding carboxylic acids is 1. The molecule has 1 aliphatic carbocycles. The van der Waals surface area contributed by atoms with E-state index in [4.69, 9.17) is 0 Å². The van der Waals surface area contributed by atoms with E-state index < -0.39 is 0 Å². The summed E-state index contributed by atoms with van der Waals surface area (Å²) in [5, 5.41) is 6.44. The molecule has 104 valence electrons. The lowest BCUT2D eigenvalue weighted by Gasteiger charge is -2.25. The fourth-order valence-electron chi connectivity index (χ4n) is 3.23. The predicted molar refractivity (Wildman–Crippen MR) is 73.5 cm³/mol. The fourth-order valence-corrected chi connectivity index (χ4v) is 3.23. The third kappa shape index (κ3) is 3.45. The van der Waals surface area contributed by atoms with Gasteiger partial charge in [-0.2, -0.15) is 0 Å². The van der Waals surface area contributed by atoms with Crippen molar-refractivity contribution < 1.29 is 4.79 Å². The van der Waals surface area contributed by atoms with Gasteiger partial charge in [0.1, 0.15) is 0 Å². The van der Waals surface area contributed by atoms with Crippen LogP contribution in [0.15, 0.2) is 0 Å². The van der Waals surface area contributed by atoms with Gasteiger partial charge < -0.3 is 10.6 Å². The van der Waals surface area contributed by atoms with Crippen LogP contribution in [-0.2, 0) is 4.79 Å². The first-order valence-electron chi connectivity index (χ1n) is 7.39. The lowest BCUT2D eigenvalue weighted by molar-refractivity contribution is -0.126. The third-order valence-corrected chi connectivity index (χ3v) is 4.44. The summed E-state index contributed by atoms with van der Waals surface area (Å²) in [6, 6.07) is 0.475. The molecule has 2 rings (SSSR count). The molecule has 1 heterocycles. The molecule has 18 heavy (non-hydrogen) atoms. The number of amides is 1. The van der Waals surface area contributed by atoms with Crippen molar-refractivity contribution in [3.63, 3.8) is 0 Å². The first-order valence-corrected chi connectivity index (χ1v) is 7.39. The molecule has 0 aromatic rings. The van der Waals surface area contributed by atoms with Crippen LogP contribution >= 0.6 is 0 Å². The molecule has 2 fully saturated rings. The number of likely N-dealkylation sites (tertiary alicyclic amines) is 1. The van der Waals surface area contributed by atoms with Crippen LogP contribution in [0.5, 0.6) is 0 Å². The maximum absolute atomic E-state index is 12.2. The molecule has 4 heteroatoms. The number of nitrogens with zero attached hydrogens (tertiary/aromatic N) is 1. The molecule has 1 aliphatic heterocycles. The zero-order valence-electron chi connectivity index (χ0n) is 11.7. The Labute approximate surface area is 110 Å². The van der Waals surface area contributed by atoms with Gasteiger partial charge >= 0.3 is 0 Å². The summed E-state index contributed by atoms with van der Waals surface area (Å²) in [5.74, 6) is 0.934. The topological polar surface area (TPSA) is 44.4 Å². The molecule has 1 amide bonds. The van der Waals surface area contributed by atoms with E-state index in [9.17, 15) is 4.79 Å². The van der Waals surface area contributed by atoms with Crippen LogP contribution in [0.1, 0.15) is 39.0 Å². The number of nitrogens with one attached hydrogen (secondary N) is 2. The molecule has 2 atom stereocenters. The van der Waals surface area contributed by atoms with E-state index in [1.807, 2.05) is 14.0 Å². The maximum atomic E-state index is 12.2. The molecule has 2 unspecified atom stereocenters. The van der Waals surface area contributed by atoms with E-state index in [0.29, 0.717) is 12.0 Å². The van der Waals surface area contributed by atoms with Gasteiger partial charge in [-0.05, 0) is 52.2 Å². The van der Waals surface area contributed by atoms with Gasteiger partial charge in [-0.25, -0.2) is 0 Å². The Bertz CT molecular complexity index is 276. The first-order chi connectivity index (χ1) is 8.70. The van der Waals surface area contributed by atoms with Crippen molar-refractivity contribution in [2.75, 3.05) is 26.7 Å². The second kappa shape index (κ2) is 6.53. The Kier molecular flexibility index (Phi) is 5.01. The minimum Gasteiger partial charge on any atom is -0.352 e. The van der Waals surface area contributed by atoms with E-state index in [0.717, 1.165) is 19.6 Å². The van der Waals surface area contributed by atoms with Crippen LogP contribution in [0, 0.1) is 5.92 Å². The molecule has 0 spiro atoms. The fraction of sp³-hybridized carbons (Fsp3) is 0.929. The summed E-state index contributed by atoms with van der Waals surface area (Å²) in [4.78, 5) is 14.5. The van der Waals surface area contributed by atoms with E-state index in [1.165, 1.54) is 32.1 Å². The highest BCUT2D eigenvalue weighted by Crippen LogP contribution is 2.20. The van der Waals surface area contributed by atoms with Crippen molar-refractivity contribution in [1.82, 2.24) is 15.5 Å². The second-order valence-corrected chi connectivity index (χ2v) is 5.87. The number of rotatable bonds is 5. The Morgan fingerprint density at radius 1 is 1.33 bits per heavy atom. The van der Waals surface area contributed by atoms with Crippen molar-refractivity contribution >= 4 is 5.91 Å². The molecule has 0 aromatic carbocycles. The van der Waals surface area contributed by atoms with Crippen molar-refractivity contribution in [3.8, 4) is 0 Å². The van der Waals surface area contributed by atoms with Crippen molar-refractivity contribution in [2.45, 2.75) is 51.1 Å². The largest absolute Gasteiger partial charge is 0.352 e. The first kappa shape index (κ1) is 13.8. The molecule has 0 aromatic heterocycles. The van der Waals surface area contributed by atoms with Gasteiger partial charge in [0.05, 0.1) is 6.04 Å². The van der Waals surface area contributed by atoms with Crippen molar-refractivity contribution in [3.05, 3.63) is 0 Å². The van der Waals surface area contributed by atoms with Gasteiger partial charge in [-0.3, -0.25) is 9.69 Å². The number of carbonyl (C=O) groups is 1. The molecular weight excluding hydrogens is 226 g/mol. The SMILES string of the molecule is CNCC1CCN(C(C)C(=O)NC2CCCC2)C1. The lowest BCUT2D eigenvalue weighted by atomic mass is 10.1. The Morgan fingerprint density at radius 3 is 2.72 bits per heavy atom. The van der Waals surface area contributed by atoms with Crippen LogP contribution < -0.4 is 10.6 Å². The predicted octanol–water partition coefficient (Wildman–Crippen LogP) is 0.975. The molecule has 2 aliphatic rings. The Hall–Kier alpha value is -0.610. The third-order valence-electron chi connectivity index (χ3n) is 4.44. The molecular formula is C14H27N3O. The van der Waals surface area contributed by atoms with E-state index in [1.54, 1.807) is 0 Å². The standard InChI is InChI=1S/C14H27N3O/c1-11(14(18)16-13-5-3-4-6-13)17-8-7-12(10-17)9-15-2/h11-13,15H,3-10H2,1-2H3,(H,16,18). The van der Waals surface area contributed by atoms with Gasteiger partial charge in [-0.1, -0.05) is 12.8 Å². The zero-order chi connectivity index (χ0) is 13.0. The van der Waals surface area contributed by atoms with Crippen LogP contribution in [0.4, 0.5) is 0 Å². The Morgan fingerprint density at radius 2 is 2.06 bits per heavy atom. The van der Waals surface area contributed by atoms with E-state index in [-0.39, 0.29) is 11.9 Å². The Balaban J connectivity index is 1.76. The summed E-state index contributed by atoms with van der Waals surface area (Å²) in [6.45, 7) is 5.23. The van der Waals surface area contributed by atoms with Crippen molar-refractivity contribution in [2.24, 2.45) is 5.92 Å². The second-order valence-electron chi connectivity index (χ2n) is 5.87. The molecule has 2 N–H and O–H groups in total. The van der Waals surface area contributed by atoms with Crippen LogP contribution in [0.2, 0.25) is 0 Å². The smallest absolute Gasteiger partial charge is 0.237 e. The summed E-state index contributed by atoms with van der Waals surface area (Å²) in [6.07, 6.45) is 6.09. The van der Waals surface area contributed by atoms with Gasteiger partial charge in [0.25, 0.3) is 0 Å². The summed E-state index contributed by atoms with van der Waals surface area (Å²) >= 11 is 0. The molecule has 0 radical (unpaired) electrons. The lowest BCUT2D eigenvalue weighted by Crippen LogP contribution is -2.47. The molecule has 1 saturated heterocycles. The summed E-state index contributed by atoms with van der Waals surface area (Å²) in [5.41, 5.74) is 0. The quantitative estimate of drug-likeness (QED) is 0.767. The summed E-state index contributed by atoms with van der Waals surface area (Å²) < 4.78 is 0. The average molecular weight is 253 g/mol. The van der Waals surface area contributed by atoms with Crippen LogP contribution in [-0.4, -0.2) is 49.6 Å². The van der Waals surface area contributed by atoms with E-state index in [2.05, 4.69) is 15.5 Å². The minimum absolute atomic E-state index is 0.0347. The molecule has 0 bridgehead atoms. The van der Waals surface area contributed by atoms with Gasteiger partial charge in [0, 0.05) is 12.6 Å². The molecule has 1 saturated carbocycles. The van der Waals surface area contributed by atoms with Gasteiger partial charge in [0.2, 0.25) is 5.91 Å². The number of hydrogen-bond donors (Lipinski definition) is 2. The normalized spacial score (nSPS) is 27.6. The monoisotopic (exact) mass is 253 g/mol. The molecule has 4 nitrogen and oxygen atoms in total. The highest BCUT2D eigenvalue weighted by atomic mass is 16.2. The zero-order valence-corrected chi connectivity index (χ0v) is 11.7. The van der Waals surface area contributed by atoms with Crippen LogP contribution in [0.25, 0.3) is 0 Å².